The van der Waals surface area contributed by atoms with E-state index >= 15 is 0 Å². The molecule has 7 nitrogen and oxygen atoms in total. The molecule has 0 aliphatic carbocycles. The number of ether oxygens (including phenoxy) is 3. The number of nitrogens with zero attached hydrogens (tertiary/aromatic N) is 2. The first-order valence-corrected chi connectivity index (χ1v) is 11.1. The zero-order chi connectivity index (χ0) is 22.2. The van der Waals surface area contributed by atoms with Crippen molar-refractivity contribution < 1.29 is 27.0 Å². The molecule has 31 heavy (non-hydrogen) atoms. The lowest BCUT2D eigenvalue weighted by atomic mass is 10.0. The molecule has 0 radical (unpaired) electrons. The second-order valence-electron chi connectivity index (χ2n) is 7.06. The lowest BCUT2D eigenvalue weighted by Gasteiger charge is -2.36. The van der Waals surface area contributed by atoms with Crippen LogP contribution in [0, 0.1) is 5.82 Å². The third-order valence-corrected chi connectivity index (χ3v) is 7.30. The lowest BCUT2D eigenvalue weighted by molar-refractivity contribution is 0.293. The molecule has 9 heteroatoms. The standard InChI is InChI=1S/C22H23FN2O5S/c1-28-19-13-15(14-20(29-2)22(19)30-3)21-18-5-4-10-24(18)11-12-25(21)31(26,27)17-8-6-16(23)7-9-17/h4-10,13-14,21H,11-12H2,1-3H3/t21-/m0/s1. The van der Waals surface area contributed by atoms with Gasteiger partial charge in [0.25, 0.3) is 0 Å². The Bertz CT molecular complexity index is 1170. The first-order chi connectivity index (χ1) is 14.9. The number of aromatic nitrogens is 1. The summed E-state index contributed by atoms with van der Waals surface area (Å²) < 4.78 is 60.3. The molecule has 1 aromatic heterocycles. The Labute approximate surface area is 180 Å². The molecule has 0 fully saturated rings. The maximum Gasteiger partial charge on any atom is 0.244 e. The fraction of sp³-hybridized carbons (Fsp3) is 0.273. The first-order valence-electron chi connectivity index (χ1n) is 9.63. The van der Waals surface area contributed by atoms with E-state index in [9.17, 15) is 12.8 Å². The highest BCUT2D eigenvalue weighted by molar-refractivity contribution is 7.89. The predicted molar refractivity (Wildman–Crippen MR) is 113 cm³/mol. The van der Waals surface area contributed by atoms with Crippen LogP contribution in [0.1, 0.15) is 17.3 Å². The van der Waals surface area contributed by atoms with Crippen molar-refractivity contribution in [3.8, 4) is 17.2 Å². The summed E-state index contributed by atoms with van der Waals surface area (Å²) in [6.07, 6.45) is 1.92. The van der Waals surface area contributed by atoms with Crippen LogP contribution in [0.3, 0.4) is 0 Å². The number of halogens is 1. The number of fused-ring (bicyclic) bond motifs is 1. The molecule has 0 unspecified atom stereocenters. The van der Waals surface area contributed by atoms with Crippen LogP contribution in [0.15, 0.2) is 59.6 Å². The van der Waals surface area contributed by atoms with Crippen LogP contribution in [0.25, 0.3) is 0 Å². The van der Waals surface area contributed by atoms with E-state index in [1.54, 1.807) is 12.1 Å². The molecule has 0 N–H and O–H groups in total. The van der Waals surface area contributed by atoms with Crippen molar-refractivity contribution in [2.75, 3.05) is 27.9 Å². The third-order valence-electron chi connectivity index (χ3n) is 5.42. The van der Waals surface area contributed by atoms with Crippen LogP contribution >= 0.6 is 0 Å². The highest BCUT2D eigenvalue weighted by Gasteiger charge is 2.38. The van der Waals surface area contributed by atoms with Crippen LogP contribution in [-0.4, -0.2) is 45.2 Å². The Morgan fingerprint density at radius 2 is 1.58 bits per heavy atom. The number of benzene rings is 2. The minimum atomic E-state index is -3.91. The molecule has 0 saturated carbocycles. The molecule has 0 saturated heterocycles. The molecule has 1 atom stereocenters. The molecule has 2 heterocycles. The van der Waals surface area contributed by atoms with Gasteiger partial charge in [-0.15, -0.1) is 0 Å². The fourth-order valence-electron chi connectivity index (χ4n) is 3.96. The lowest BCUT2D eigenvalue weighted by Crippen LogP contribution is -2.42. The van der Waals surface area contributed by atoms with Gasteiger partial charge < -0.3 is 18.8 Å². The van der Waals surface area contributed by atoms with Gasteiger partial charge in [-0.25, -0.2) is 12.8 Å². The minimum absolute atomic E-state index is 0.0337. The van der Waals surface area contributed by atoms with Crippen molar-refractivity contribution in [3.63, 3.8) is 0 Å². The molecule has 0 bridgehead atoms. The summed E-state index contributed by atoms with van der Waals surface area (Å²) in [5, 5.41) is 0. The number of hydrogen-bond acceptors (Lipinski definition) is 5. The molecule has 0 amide bonds. The summed E-state index contributed by atoms with van der Waals surface area (Å²) in [6.45, 7) is 0.756. The maximum absolute atomic E-state index is 13.6. The van der Waals surface area contributed by atoms with E-state index in [0.717, 1.165) is 17.8 Å². The third kappa shape index (κ3) is 3.64. The summed E-state index contributed by atoms with van der Waals surface area (Å²) in [4.78, 5) is 0.0337. The van der Waals surface area contributed by atoms with Crippen LogP contribution in [-0.2, 0) is 16.6 Å². The molecule has 1 aliphatic heterocycles. The van der Waals surface area contributed by atoms with Gasteiger partial charge in [0.2, 0.25) is 15.8 Å². The normalized spacial score (nSPS) is 16.6. The van der Waals surface area contributed by atoms with Gasteiger partial charge in [-0.2, -0.15) is 4.31 Å². The van der Waals surface area contributed by atoms with E-state index in [-0.39, 0.29) is 11.4 Å². The van der Waals surface area contributed by atoms with Crippen molar-refractivity contribution in [1.29, 1.82) is 0 Å². The Morgan fingerprint density at radius 1 is 0.935 bits per heavy atom. The molecule has 1 aliphatic rings. The second kappa shape index (κ2) is 8.24. The monoisotopic (exact) mass is 446 g/mol. The molecular weight excluding hydrogens is 423 g/mol. The second-order valence-corrected chi connectivity index (χ2v) is 8.95. The summed E-state index contributed by atoms with van der Waals surface area (Å²) in [7, 11) is 0.623. The van der Waals surface area contributed by atoms with Gasteiger partial charge in [0.15, 0.2) is 11.5 Å². The van der Waals surface area contributed by atoms with Gasteiger partial charge in [0.05, 0.1) is 32.3 Å². The quantitative estimate of drug-likeness (QED) is 0.580. The topological polar surface area (TPSA) is 70.0 Å². The Kier molecular flexibility index (Phi) is 5.63. The van der Waals surface area contributed by atoms with Gasteiger partial charge in [-0.3, -0.25) is 0 Å². The Balaban J connectivity index is 1.90. The average molecular weight is 447 g/mol. The molecule has 0 spiro atoms. The number of sulfonamides is 1. The van der Waals surface area contributed by atoms with Crippen LogP contribution < -0.4 is 14.2 Å². The van der Waals surface area contributed by atoms with Crippen molar-refractivity contribution in [2.45, 2.75) is 17.5 Å². The smallest absolute Gasteiger partial charge is 0.244 e. The van der Waals surface area contributed by atoms with Crippen LogP contribution in [0.4, 0.5) is 4.39 Å². The fourth-order valence-corrected chi connectivity index (χ4v) is 5.54. The maximum atomic E-state index is 13.6. The van der Waals surface area contributed by atoms with E-state index in [1.165, 1.54) is 37.8 Å². The number of hydrogen-bond donors (Lipinski definition) is 0. The largest absolute Gasteiger partial charge is 0.493 e. The molecular formula is C22H23FN2O5S. The number of methoxy groups -OCH3 is 3. The van der Waals surface area contributed by atoms with Crippen LogP contribution in [0.5, 0.6) is 17.2 Å². The minimum Gasteiger partial charge on any atom is -0.493 e. The van der Waals surface area contributed by atoms with Crippen LogP contribution in [0.2, 0.25) is 0 Å². The van der Waals surface area contributed by atoms with E-state index in [1.807, 2.05) is 22.9 Å². The van der Waals surface area contributed by atoms with E-state index in [2.05, 4.69) is 0 Å². The van der Waals surface area contributed by atoms with Gasteiger partial charge in [-0.05, 0) is 54.1 Å². The van der Waals surface area contributed by atoms with Gasteiger partial charge in [0.1, 0.15) is 5.82 Å². The van der Waals surface area contributed by atoms with E-state index in [4.69, 9.17) is 14.2 Å². The summed E-state index contributed by atoms with van der Waals surface area (Å²) in [5.74, 6) is 0.792. The summed E-state index contributed by atoms with van der Waals surface area (Å²) in [5.41, 5.74) is 1.48. The highest BCUT2D eigenvalue weighted by atomic mass is 32.2. The molecule has 164 valence electrons. The summed E-state index contributed by atoms with van der Waals surface area (Å²) >= 11 is 0. The van der Waals surface area contributed by atoms with E-state index < -0.39 is 21.9 Å². The highest BCUT2D eigenvalue weighted by Crippen LogP contribution is 2.44. The Morgan fingerprint density at radius 3 is 2.16 bits per heavy atom. The average Bonchev–Trinajstić information content (AvgIpc) is 3.26. The van der Waals surface area contributed by atoms with Gasteiger partial charge in [0, 0.05) is 25.0 Å². The van der Waals surface area contributed by atoms with E-state index in [0.29, 0.717) is 29.4 Å². The van der Waals surface area contributed by atoms with Crippen molar-refractivity contribution in [2.24, 2.45) is 0 Å². The molecule has 2 aromatic carbocycles. The first kappa shape index (κ1) is 21.2. The van der Waals surface area contributed by atoms with Gasteiger partial charge >= 0.3 is 0 Å². The zero-order valence-electron chi connectivity index (χ0n) is 17.4. The van der Waals surface area contributed by atoms with Gasteiger partial charge in [-0.1, -0.05) is 0 Å². The van der Waals surface area contributed by atoms with Crippen molar-refractivity contribution >= 4 is 10.0 Å². The molecule has 3 aromatic rings. The van der Waals surface area contributed by atoms with Crippen molar-refractivity contribution in [3.05, 3.63) is 71.8 Å². The summed E-state index contributed by atoms with van der Waals surface area (Å²) in [6, 6.07) is 11.5. The SMILES string of the molecule is COc1cc([C@H]2c3cccn3CCN2S(=O)(=O)c2ccc(F)cc2)cc(OC)c1OC. The Hall–Kier alpha value is -3.04. The van der Waals surface area contributed by atoms with Crippen molar-refractivity contribution in [1.82, 2.24) is 8.87 Å². The number of rotatable bonds is 6. The molecule has 4 rings (SSSR count). The predicted octanol–water partition coefficient (Wildman–Crippen LogP) is 3.45. The zero-order valence-corrected chi connectivity index (χ0v) is 18.2.